The quantitative estimate of drug-likeness (QED) is 0.0550. The number of carboxylic acid groups (broad SMARTS) is 1. The summed E-state index contributed by atoms with van der Waals surface area (Å²) in [5.74, 6) is -4.01. The molecule has 0 aliphatic carbocycles. The second-order valence-corrected chi connectivity index (χ2v) is 12.5. The monoisotopic (exact) mass is 757 g/mol. The van der Waals surface area contributed by atoms with Crippen molar-refractivity contribution in [2.24, 2.45) is 0 Å². The van der Waals surface area contributed by atoms with Crippen molar-refractivity contribution in [3.05, 3.63) is 24.3 Å². The van der Waals surface area contributed by atoms with E-state index in [0.717, 1.165) is 0 Å². The highest BCUT2D eigenvalue weighted by Crippen LogP contribution is 2.37. The Balaban J connectivity index is 1.54. The van der Waals surface area contributed by atoms with Crippen LogP contribution in [0.15, 0.2) is 24.3 Å². The summed E-state index contributed by atoms with van der Waals surface area (Å²) in [5, 5.41) is 135. The number of anilines is 1. The smallest absolute Gasteiger partial charge is 0.364 e. The predicted molar refractivity (Wildman–Crippen MR) is 165 cm³/mol. The molecular formula is C30H47NO21. The third-order valence-corrected chi connectivity index (χ3v) is 8.87. The fourth-order valence-electron chi connectivity index (χ4n) is 6.01. The highest BCUT2D eigenvalue weighted by atomic mass is 16.8. The fraction of sp³-hybridized carbons (Fsp3) is 0.767. The van der Waals surface area contributed by atoms with Crippen LogP contribution in [0.3, 0.4) is 0 Å². The number of ether oxygens (including phenoxy) is 7. The number of aliphatic hydroxyl groups is 12. The van der Waals surface area contributed by atoms with E-state index in [9.17, 15) is 71.2 Å². The molecule has 22 heteroatoms. The Hall–Kier alpha value is -2.43. The van der Waals surface area contributed by atoms with Crippen LogP contribution in [0.1, 0.15) is 6.42 Å². The van der Waals surface area contributed by atoms with Crippen molar-refractivity contribution in [2.45, 2.75) is 110 Å². The van der Waals surface area contributed by atoms with Crippen LogP contribution in [-0.2, 0) is 33.2 Å². The molecule has 15 N–H and O–H groups in total. The average Bonchev–Trinajstić information content (AvgIpc) is 3.13. The molecule has 298 valence electrons. The van der Waals surface area contributed by atoms with E-state index in [-0.39, 0.29) is 6.61 Å². The highest BCUT2D eigenvalue weighted by Gasteiger charge is 2.58. The van der Waals surface area contributed by atoms with Crippen molar-refractivity contribution < 1.29 is 104 Å². The molecule has 3 aliphatic rings. The molecule has 0 aromatic heterocycles. The first-order chi connectivity index (χ1) is 24.6. The van der Waals surface area contributed by atoms with Crippen LogP contribution in [0.5, 0.6) is 5.75 Å². The zero-order chi connectivity index (χ0) is 38.5. The Labute approximate surface area is 295 Å². The minimum Gasteiger partial charge on any atom is -0.491 e. The van der Waals surface area contributed by atoms with Gasteiger partial charge in [0.1, 0.15) is 91.7 Å². The number of hydrogen-bond acceptors (Lipinski definition) is 21. The van der Waals surface area contributed by atoms with Gasteiger partial charge in [0.25, 0.3) is 5.79 Å². The number of aliphatic carboxylic acids is 1. The lowest BCUT2D eigenvalue weighted by molar-refractivity contribution is -0.388. The minimum absolute atomic E-state index is 0.207. The predicted octanol–water partition coefficient (Wildman–Crippen LogP) is -7.32. The van der Waals surface area contributed by atoms with E-state index in [0.29, 0.717) is 11.4 Å². The van der Waals surface area contributed by atoms with Gasteiger partial charge in [-0.1, -0.05) is 0 Å². The SMILES string of the molecule is Nc1ccc(OCCO[C@]2(C(=O)O)C[C@@H](O)[C@@H](O[C@H]3OC([C@@H](O)CO)[C@@H](O)[C@H](O[C@H]4O[C@@H]([C@@H](O)CO)[C@@H](O)C(O)C4O)C3O)C([C@H](O)CO)O2)cc1. The summed E-state index contributed by atoms with van der Waals surface area (Å²) in [5.41, 5.74) is 6.11. The molecule has 0 spiro atoms. The third kappa shape index (κ3) is 9.26. The average molecular weight is 758 g/mol. The number of nitrogen functional groups attached to an aromatic ring is 1. The number of carbonyl (C=O) groups is 1. The van der Waals surface area contributed by atoms with Crippen LogP contribution in [0.2, 0.25) is 0 Å². The van der Waals surface area contributed by atoms with Gasteiger partial charge in [0.15, 0.2) is 12.6 Å². The molecular weight excluding hydrogens is 710 g/mol. The van der Waals surface area contributed by atoms with Gasteiger partial charge in [-0.2, -0.15) is 0 Å². The highest BCUT2D eigenvalue weighted by molar-refractivity contribution is 5.76. The summed E-state index contributed by atoms with van der Waals surface area (Å²) >= 11 is 0. The molecule has 4 rings (SSSR count). The fourth-order valence-corrected chi connectivity index (χ4v) is 6.01. The van der Waals surface area contributed by atoms with E-state index in [1.807, 2.05) is 0 Å². The normalized spacial score (nSPS) is 40.1. The second-order valence-electron chi connectivity index (χ2n) is 12.5. The van der Waals surface area contributed by atoms with Crippen LogP contribution in [0.4, 0.5) is 5.69 Å². The van der Waals surface area contributed by atoms with Gasteiger partial charge in [0, 0.05) is 12.1 Å². The molecule has 3 aliphatic heterocycles. The third-order valence-electron chi connectivity index (χ3n) is 8.87. The van der Waals surface area contributed by atoms with Crippen LogP contribution < -0.4 is 10.5 Å². The molecule has 3 saturated heterocycles. The molecule has 1 aromatic carbocycles. The molecule has 3 heterocycles. The van der Waals surface area contributed by atoms with E-state index in [4.69, 9.17) is 38.9 Å². The molecule has 0 amide bonds. The lowest BCUT2D eigenvalue weighted by atomic mass is 9.91. The molecule has 0 saturated carbocycles. The standard InChI is InChI=1S/C30H47NO21/c31-11-1-3-12(4-2-11)46-5-6-47-30(29(44)45)7-13(35)24(25(52-30)16(38)10-34)50-28-21(43)26(20(42)23(49-28)15(37)9-33)51-27-19(41)17(39)18(40)22(48-27)14(36)8-32/h1-4,13-28,32-43H,5-10,31H2,(H,44,45)/t13-,14+,15+,16-,17?,18+,19?,20-,21?,22+,23?,24-,25?,26+,27-,28-,30-/m1/s1. The molecule has 1 aromatic rings. The molecule has 0 bridgehead atoms. The van der Waals surface area contributed by atoms with Gasteiger partial charge in [-0.25, -0.2) is 4.79 Å². The number of rotatable bonds is 16. The first-order valence-corrected chi connectivity index (χ1v) is 16.2. The lowest BCUT2D eigenvalue weighted by Crippen LogP contribution is -2.68. The second kappa shape index (κ2) is 18.3. The number of hydrogen-bond donors (Lipinski definition) is 14. The summed E-state index contributed by atoms with van der Waals surface area (Å²) in [6, 6.07) is 6.23. The summed E-state index contributed by atoms with van der Waals surface area (Å²) in [6.45, 7) is -3.68. The Morgan fingerprint density at radius 2 is 1.25 bits per heavy atom. The Kier molecular flexibility index (Phi) is 14.9. The van der Waals surface area contributed by atoms with Gasteiger partial charge in [0.05, 0.1) is 32.5 Å². The van der Waals surface area contributed by atoms with Crippen molar-refractivity contribution in [1.29, 1.82) is 0 Å². The lowest BCUT2D eigenvalue weighted by Gasteiger charge is -2.50. The minimum atomic E-state index is -2.64. The number of nitrogens with two attached hydrogens (primary N) is 1. The van der Waals surface area contributed by atoms with Gasteiger partial charge in [-0.05, 0) is 24.3 Å². The zero-order valence-corrected chi connectivity index (χ0v) is 27.4. The van der Waals surface area contributed by atoms with Crippen LogP contribution in [0, 0.1) is 0 Å². The Morgan fingerprint density at radius 1 is 0.731 bits per heavy atom. The van der Waals surface area contributed by atoms with Gasteiger partial charge >= 0.3 is 5.97 Å². The summed E-state index contributed by atoms with van der Waals surface area (Å²) in [6.07, 6.45) is -32.2. The van der Waals surface area contributed by atoms with E-state index >= 15 is 0 Å². The van der Waals surface area contributed by atoms with Crippen LogP contribution in [-0.4, -0.2) is 209 Å². The van der Waals surface area contributed by atoms with E-state index in [2.05, 4.69) is 0 Å². The van der Waals surface area contributed by atoms with Crippen molar-refractivity contribution in [1.82, 2.24) is 0 Å². The number of benzene rings is 1. The first kappa shape index (κ1) is 42.3. The maximum Gasteiger partial charge on any atom is 0.364 e. The van der Waals surface area contributed by atoms with E-state index in [1.165, 1.54) is 0 Å². The van der Waals surface area contributed by atoms with Crippen molar-refractivity contribution in [3.63, 3.8) is 0 Å². The number of aliphatic hydroxyl groups excluding tert-OH is 12. The maximum atomic E-state index is 12.4. The summed E-state index contributed by atoms with van der Waals surface area (Å²) < 4.78 is 38.7. The maximum absolute atomic E-state index is 12.4. The van der Waals surface area contributed by atoms with Crippen molar-refractivity contribution >= 4 is 11.7 Å². The summed E-state index contributed by atoms with van der Waals surface area (Å²) in [7, 11) is 0. The van der Waals surface area contributed by atoms with Crippen molar-refractivity contribution in [3.8, 4) is 5.75 Å². The zero-order valence-electron chi connectivity index (χ0n) is 27.4. The van der Waals surface area contributed by atoms with Crippen LogP contribution in [0.25, 0.3) is 0 Å². The molecule has 17 atom stereocenters. The van der Waals surface area contributed by atoms with Crippen molar-refractivity contribution in [2.75, 3.05) is 38.8 Å². The Bertz CT molecular complexity index is 1260. The molecule has 22 nitrogen and oxygen atoms in total. The Morgan fingerprint density at radius 3 is 1.81 bits per heavy atom. The largest absolute Gasteiger partial charge is 0.491 e. The molecule has 5 unspecified atom stereocenters. The van der Waals surface area contributed by atoms with E-state index in [1.54, 1.807) is 24.3 Å². The molecule has 0 radical (unpaired) electrons. The first-order valence-electron chi connectivity index (χ1n) is 16.2. The topological polar surface area (TPSA) is 371 Å². The number of carboxylic acids is 1. The molecule has 3 fully saturated rings. The summed E-state index contributed by atoms with van der Waals surface area (Å²) in [4.78, 5) is 12.4. The van der Waals surface area contributed by atoms with Gasteiger partial charge < -0.3 is 105 Å². The van der Waals surface area contributed by atoms with Crippen LogP contribution >= 0.6 is 0 Å². The van der Waals surface area contributed by atoms with Gasteiger partial charge in [-0.15, -0.1) is 0 Å². The van der Waals surface area contributed by atoms with Gasteiger partial charge in [-0.3, -0.25) is 0 Å². The molecule has 52 heavy (non-hydrogen) atoms. The van der Waals surface area contributed by atoms with E-state index < -0.39 is 143 Å². The van der Waals surface area contributed by atoms with Gasteiger partial charge in [0.2, 0.25) is 0 Å².